The number of aliphatic imine (C=N–C) groups is 1. The highest BCUT2D eigenvalue weighted by atomic mass is 19.1. The minimum absolute atomic E-state index is 0.417. The number of aliphatic hydroxyl groups is 2. The third-order valence-corrected chi connectivity index (χ3v) is 3.69. The van der Waals surface area contributed by atoms with Crippen molar-refractivity contribution in [1.29, 1.82) is 0 Å². The number of allylic oxidation sites excluding steroid dienone is 2. The third-order valence-electron chi connectivity index (χ3n) is 3.69. The molecule has 0 bridgehead atoms. The summed E-state index contributed by atoms with van der Waals surface area (Å²) >= 11 is 0. The van der Waals surface area contributed by atoms with E-state index in [0.29, 0.717) is 13.0 Å². The fraction of sp³-hybridized carbons (Fsp3) is 0.706. The summed E-state index contributed by atoms with van der Waals surface area (Å²) in [5.41, 5.74) is -2.58. The molecule has 122 valence electrons. The molecular weight excluding hydrogens is 269 g/mol. The second kappa shape index (κ2) is 7.85. The SMILES string of the molecule is C=C/C(F)=C\C(C)(CCCC/N=C/C(C)(C)O)C(C)(C)O. The molecule has 0 aromatic carbocycles. The Morgan fingerprint density at radius 3 is 2.14 bits per heavy atom. The molecule has 0 aliphatic carbocycles. The molecule has 2 N–H and O–H groups in total. The second-order valence-electron chi connectivity index (χ2n) is 6.86. The average molecular weight is 299 g/mol. The minimum atomic E-state index is -1.02. The molecule has 0 aliphatic heterocycles. The van der Waals surface area contributed by atoms with Gasteiger partial charge >= 0.3 is 0 Å². The molecule has 0 heterocycles. The normalized spacial score (nSPS) is 17.0. The lowest BCUT2D eigenvalue weighted by molar-refractivity contribution is -0.0237. The second-order valence-corrected chi connectivity index (χ2v) is 6.86. The van der Waals surface area contributed by atoms with E-state index in [-0.39, 0.29) is 0 Å². The van der Waals surface area contributed by atoms with Crippen molar-refractivity contribution in [1.82, 2.24) is 0 Å². The van der Waals surface area contributed by atoms with Gasteiger partial charge in [0.2, 0.25) is 0 Å². The molecule has 0 rings (SSSR count). The molecular formula is C17H30FNO2. The van der Waals surface area contributed by atoms with Gasteiger partial charge in [-0.15, -0.1) is 0 Å². The Morgan fingerprint density at radius 2 is 1.71 bits per heavy atom. The highest BCUT2D eigenvalue weighted by Gasteiger charge is 2.37. The monoisotopic (exact) mass is 299 g/mol. The lowest BCUT2D eigenvalue weighted by atomic mass is 9.71. The maximum atomic E-state index is 13.5. The van der Waals surface area contributed by atoms with Crippen LogP contribution in [-0.2, 0) is 0 Å². The van der Waals surface area contributed by atoms with Crippen molar-refractivity contribution in [3.05, 3.63) is 24.6 Å². The van der Waals surface area contributed by atoms with Crippen molar-refractivity contribution >= 4 is 6.21 Å². The number of hydrogen-bond acceptors (Lipinski definition) is 3. The predicted octanol–water partition coefficient (Wildman–Crippen LogP) is 3.82. The molecule has 1 unspecified atom stereocenters. The fourth-order valence-corrected chi connectivity index (χ4v) is 1.90. The number of unbranched alkanes of at least 4 members (excludes halogenated alkanes) is 1. The molecule has 0 saturated heterocycles. The first kappa shape index (κ1) is 20.0. The van der Waals surface area contributed by atoms with Crippen LogP contribution in [0.3, 0.4) is 0 Å². The molecule has 0 amide bonds. The van der Waals surface area contributed by atoms with E-state index in [1.54, 1.807) is 27.7 Å². The smallest absolute Gasteiger partial charge is 0.119 e. The Morgan fingerprint density at radius 1 is 1.14 bits per heavy atom. The van der Waals surface area contributed by atoms with Gasteiger partial charge in [0.15, 0.2) is 0 Å². The van der Waals surface area contributed by atoms with Crippen molar-refractivity contribution in [2.75, 3.05) is 6.54 Å². The van der Waals surface area contributed by atoms with Crippen LogP contribution in [-0.4, -0.2) is 34.2 Å². The van der Waals surface area contributed by atoms with Gasteiger partial charge in [0.1, 0.15) is 5.83 Å². The summed E-state index contributed by atoms with van der Waals surface area (Å²) in [5, 5.41) is 19.8. The fourth-order valence-electron chi connectivity index (χ4n) is 1.90. The first-order valence-electron chi connectivity index (χ1n) is 7.38. The Kier molecular flexibility index (Phi) is 7.48. The van der Waals surface area contributed by atoms with Crippen LogP contribution >= 0.6 is 0 Å². The highest BCUT2D eigenvalue weighted by molar-refractivity contribution is 5.66. The third kappa shape index (κ3) is 8.12. The molecule has 0 saturated carbocycles. The van der Waals surface area contributed by atoms with Crippen molar-refractivity contribution in [2.45, 2.75) is 65.1 Å². The minimum Gasteiger partial charge on any atom is -0.390 e. The number of halogens is 1. The van der Waals surface area contributed by atoms with E-state index in [1.807, 2.05) is 6.92 Å². The maximum Gasteiger partial charge on any atom is 0.119 e. The summed E-state index contributed by atoms with van der Waals surface area (Å²) in [7, 11) is 0. The van der Waals surface area contributed by atoms with E-state index in [1.165, 1.54) is 12.3 Å². The summed E-state index contributed by atoms with van der Waals surface area (Å²) in [6.07, 6.45) is 6.40. The largest absolute Gasteiger partial charge is 0.390 e. The Hall–Kier alpha value is -1.00. The van der Waals surface area contributed by atoms with E-state index < -0.39 is 22.4 Å². The van der Waals surface area contributed by atoms with Gasteiger partial charge in [0.05, 0.1) is 11.2 Å². The molecule has 0 spiro atoms. The van der Waals surface area contributed by atoms with Crippen LogP contribution in [0.2, 0.25) is 0 Å². The molecule has 0 aromatic heterocycles. The summed E-state index contributed by atoms with van der Waals surface area (Å²) in [6, 6.07) is 0. The molecule has 3 nitrogen and oxygen atoms in total. The van der Waals surface area contributed by atoms with E-state index in [9.17, 15) is 14.6 Å². The van der Waals surface area contributed by atoms with Gasteiger partial charge in [-0.25, -0.2) is 4.39 Å². The van der Waals surface area contributed by atoms with E-state index >= 15 is 0 Å². The van der Waals surface area contributed by atoms with E-state index in [0.717, 1.165) is 18.9 Å². The topological polar surface area (TPSA) is 52.8 Å². The Labute approximate surface area is 128 Å². The van der Waals surface area contributed by atoms with E-state index in [2.05, 4.69) is 11.6 Å². The molecule has 0 fully saturated rings. The van der Waals surface area contributed by atoms with Crippen LogP contribution in [0.15, 0.2) is 29.6 Å². The van der Waals surface area contributed by atoms with Crippen LogP contribution in [0, 0.1) is 5.41 Å². The highest BCUT2D eigenvalue weighted by Crippen LogP contribution is 2.38. The number of nitrogens with zero attached hydrogens (tertiary/aromatic N) is 1. The van der Waals surface area contributed by atoms with Crippen molar-refractivity contribution < 1.29 is 14.6 Å². The Bertz CT molecular complexity index is 389. The average Bonchev–Trinajstić information content (AvgIpc) is 2.30. The first-order valence-corrected chi connectivity index (χ1v) is 7.38. The van der Waals surface area contributed by atoms with Gasteiger partial charge < -0.3 is 10.2 Å². The van der Waals surface area contributed by atoms with E-state index in [4.69, 9.17) is 0 Å². The van der Waals surface area contributed by atoms with Crippen molar-refractivity contribution in [3.63, 3.8) is 0 Å². The molecule has 21 heavy (non-hydrogen) atoms. The lowest BCUT2D eigenvalue weighted by Crippen LogP contribution is -2.40. The first-order chi connectivity index (χ1) is 9.41. The van der Waals surface area contributed by atoms with Gasteiger partial charge in [0.25, 0.3) is 0 Å². The van der Waals surface area contributed by atoms with Gasteiger partial charge in [-0.1, -0.05) is 19.9 Å². The molecule has 0 radical (unpaired) electrons. The maximum absolute atomic E-state index is 13.5. The molecule has 0 aliphatic rings. The zero-order chi connectivity index (χ0) is 16.7. The summed E-state index contributed by atoms with van der Waals surface area (Å²) in [4.78, 5) is 4.16. The van der Waals surface area contributed by atoms with Crippen LogP contribution < -0.4 is 0 Å². The summed E-state index contributed by atoms with van der Waals surface area (Å²) in [5.74, 6) is -0.417. The summed E-state index contributed by atoms with van der Waals surface area (Å²) in [6.45, 7) is 12.6. The van der Waals surface area contributed by atoms with Gasteiger partial charge in [-0.2, -0.15) is 0 Å². The quantitative estimate of drug-likeness (QED) is 0.386. The molecule has 4 heteroatoms. The number of rotatable bonds is 9. The molecule has 1 atom stereocenters. The lowest BCUT2D eigenvalue weighted by Gasteiger charge is -2.38. The van der Waals surface area contributed by atoms with Gasteiger partial charge in [-0.05, 0) is 52.7 Å². The number of hydrogen-bond donors (Lipinski definition) is 2. The van der Waals surface area contributed by atoms with Crippen molar-refractivity contribution in [3.8, 4) is 0 Å². The predicted molar refractivity (Wildman–Crippen MR) is 87.3 cm³/mol. The Balaban J connectivity index is 4.54. The van der Waals surface area contributed by atoms with Crippen LogP contribution in [0.5, 0.6) is 0 Å². The van der Waals surface area contributed by atoms with Gasteiger partial charge in [0, 0.05) is 18.2 Å². The zero-order valence-corrected chi connectivity index (χ0v) is 14.0. The summed E-state index contributed by atoms with van der Waals surface area (Å²) < 4.78 is 13.5. The van der Waals surface area contributed by atoms with Gasteiger partial charge in [-0.3, -0.25) is 4.99 Å². The van der Waals surface area contributed by atoms with Crippen LogP contribution in [0.25, 0.3) is 0 Å². The zero-order valence-electron chi connectivity index (χ0n) is 14.0. The van der Waals surface area contributed by atoms with Crippen LogP contribution in [0.1, 0.15) is 53.9 Å². The van der Waals surface area contributed by atoms with Crippen molar-refractivity contribution in [2.24, 2.45) is 10.4 Å². The molecule has 0 aromatic rings. The van der Waals surface area contributed by atoms with Crippen LogP contribution in [0.4, 0.5) is 4.39 Å². The standard InChI is InChI=1S/C17H30FNO2/c1-7-14(18)12-17(6,16(4,5)21)10-8-9-11-19-13-15(2,3)20/h7,12-13,20-21H,1,8-11H2,2-6H3/b14-12+,19-13+.